The summed E-state index contributed by atoms with van der Waals surface area (Å²) in [4.78, 5) is 40.9. The highest BCUT2D eigenvalue weighted by molar-refractivity contribution is 6.00. The summed E-state index contributed by atoms with van der Waals surface area (Å²) < 4.78 is 28.3. The molecule has 0 radical (unpaired) electrons. The van der Waals surface area contributed by atoms with Crippen LogP contribution in [0.25, 0.3) is 39.1 Å². The lowest BCUT2D eigenvalue weighted by Gasteiger charge is -2.29. The molecule has 2 amide bonds. The summed E-state index contributed by atoms with van der Waals surface area (Å²) in [5.41, 5.74) is 5.48. The van der Waals surface area contributed by atoms with Crippen molar-refractivity contribution < 1.29 is 18.4 Å². The van der Waals surface area contributed by atoms with Crippen molar-refractivity contribution in [3.8, 4) is 22.6 Å². The van der Waals surface area contributed by atoms with Gasteiger partial charge in [0.05, 0.1) is 18.0 Å². The molecule has 2 aliphatic heterocycles. The molecule has 1 atom stereocenters. The van der Waals surface area contributed by atoms with Crippen molar-refractivity contribution in [1.29, 1.82) is 0 Å². The second kappa shape index (κ2) is 13.7. The zero-order chi connectivity index (χ0) is 34.1. The molecule has 0 saturated carbocycles. The number of anilines is 1. The summed E-state index contributed by atoms with van der Waals surface area (Å²) in [6.45, 7) is 5.06. The molecule has 11 nitrogen and oxygen atoms in total. The molecule has 13 heteroatoms. The predicted molar refractivity (Wildman–Crippen MR) is 182 cm³/mol. The summed E-state index contributed by atoms with van der Waals surface area (Å²) in [6.07, 6.45) is 3.91. The summed E-state index contributed by atoms with van der Waals surface area (Å²) in [5, 5.41) is 12.4. The van der Waals surface area contributed by atoms with Crippen LogP contribution in [0.2, 0.25) is 0 Å². The largest absolute Gasteiger partial charge is 0.338 e. The number of halogens is 2. The van der Waals surface area contributed by atoms with Gasteiger partial charge in [-0.2, -0.15) is 10.2 Å². The third-order valence-corrected chi connectivity index (χ3v) is 9.37. The highest BCUT2D eigenvalue weighted by Crippen LogP contribution is 2.32. The fourth-order valence-corrected chi connectivity index (χ4v) is 6.72. The number of fused-ring (bicyclic) bond motifs is 1. The van der Waals surface area contributed by atoms with Gasteiger partial charge in [0, 0.05) is 61.6 Å². The number of pyridine rings is 1. The summed E-state index contributed by atoms with van der Waals surface area (Å²) in [7, 11) is 1.84. The van der Waals surface area contributed by atoms with Gasteiger partial charge in [0.15, 0.2) is 5.82 Å². The summed E-state index contributed by atoms with van der Waals surface area (Å²) >= 11 is 0. The normalized spacial score (nSPS) is 16.8. The van der Waals surface area contributed by atoms with E-state index in [4.69, 9.17) is 0 Å². The van der Waals surface area contributed by atoms with E-state index in [0.29, 0.717) is 61.9 Å². The number of aromatic nitrogens is 6. The maximum absolute atomic E-state index is 13.8. The topological polar surface area (TPSA) is 116 Å². The quantitative estimate of drug-likeness (QED) is 0.226. The third-order valence-electron chi connectivity index (χ3n) is 9.37. The number of H-pyrrole nitrogens is 1. The molecule has 0 aliphatic carbocycles. The molecule has 0 spiro atoms. The Kier molecular flexibility index (Phi) is 9.00. The number of amides is 2. The molecule has 7 rings (SSSR count). The van der Waals surface area contributed by atoms with Crippen LogP contribution in [0.1, 0.15) is 37.4 Å². The van der Waals surface area contributed by atoms with Crippen molar-refractivity contribution >= 4 is 34.0 Å². The highest BCUT2D eigenvalue weighted by atomic mass is 19.3. The van der Waals surface area contributed by atoms with Gasteiger partial charge in [0.2, 0.25) is 11.8 Å². The number of rotatable bonds is 9. The van der Waals surface area contributed by atoms with Crippen LogP contribution in [-0.2, 0) is 16.6 Å². The first-order valence-electron chi connectivity index (χ1n) is 16.5. The number of carbonyl (C=O) groups excluding carboxylic acids is 2. The Morgan fingerprint density at radius 1 is 1.02 bits per heavy atom. The van der Waals surface area contributed by atoms with Crippen LogP contribution >= 0.6 is 0 Å². The molecule has 1 N–H and O–H groups in total. The summed E-state index contributed by atoms with van der Waals surface area (Å²) in [6, 6.07) is 16.8. The molecule has 5 heterocycles. The van der Waals surface area contributed by atoms with Crippen molar-refractivity contribution in [3.05, 3.63) is 84.5 Å². The minimum atomic E-state index is -2.69. The van der Waals surface area contributed by atoms with Gasteiger partial charge in [-0.05, 0) is 67.8 Å². The molecule has 2 aliphatic rings. The van der Waals surface area contributed by atoms with Gasteiger partial charge < -0.3 is 9.80 Å². The van der Waals surface area contributed by atoms with Gasteiger partial charge in [-0.1, -0.05) is 30.3 Å². The number of carbonyl (C=O) groups is 2. The Balaban J connectivity index is 0.963. The summed E-state index contributed by atoms with van der Waals surface area (Å²) in [5.74, 6) is 0.521. The van der Waals surface area contributed by atoms with Crippen molar-refractivity contribution in [2.24, 2.45) is 13.0 Å². The SMILES string of the molecule is CCN(C(=O)[C@@H]1CCN(CC(=O)N2CC=C(c3ccc(-c4ncn(C)n4)cc3)CC2)C1)c1ccc2[nH]nc(-c3ccnc(C(F)F)c3)c2c1. The van der Waals surface area contributed by atoms with Crippen LogP contribution in [0.5, 0.6) is 0 Å². The lowest BCUT2D eigenvalue weighted by atomic mass is 9.98. The maximum atomic E-state index is 13.8. The monoisotopic (exact) mass is 665 g/mol. The number of nitrogens with zero attached hydrogens (tertiary/aromatic N) is 8. The van der Waals surface area contributed by atoms with E-state index in [1.807, 2.05) is 49.2 Å². The highest BCUT2D eigenvalue weighted by Gasteiger charge is 2.33. The molecule has 49 heavy (non-hydrogen) atoms. The van der Waals surface area contributed by atoms with Gasteiger partial charge in [0.25, 0.3) is 6.43 Å². The number of hydrogen-bond acceptors (Lipinski definition) is 7. The van der Waals surface area contributed by atoms with Crippen LogP contribution in [0.3, 0.4) is 0 Å². The van der Waals surface area contributed by atoms with Crippen LogP contribution in [-0.4, -0.2) is 90.8 Å². The van der Waals surface area contributed by atoms with Gasteiger partial charge in [-0.3, -0.25) is 29.3 Å². The van der Waals surface area contributed by atoms with Crippen LogP contribution in [0.4, 0.5) is 14.5 Å². The van der Waals surface area contributed by atoms with Crippen molar-refractivity contribution in [2.75, 3.05) is 44.2 Å². The molecular weight excluding hydrogens is 628 g/mol. The van der Waals surface area contributed by atoms with Gasteiger partial charge in [-0.25, -0.2) is 13.8 Å². The fraction of sp³-hybridized carbons (Fsp3) is 0.333. The Labute approximate surface area is 282 Å². The molecule has 1 fully saturated rings. The van der Waals surface area contributed by atoms with E-state index in [0.717, 1.165) is 28.5 Å². The number of hydrogen-bond donors (Lipinski definition) is 1. The zero-order valence-electron chi connectivity index (χ0n) is 27.4. The number of aromatic amines is 1. The number of likely N-dealkylation sites (tertiary alicyclic amines) is 1. The minimum Gasteiger partial charge on any atom is -0.338 e. The molecule has 3 aromatic heterocycles. The lowest BCUT2D eigenvalue weighted by molar-refractivity contribution is -0.132. The van der Waals surface area contributed by atoms with E-state index in [-0.39, 0.29) is 30.0 Å². The second-order valence-electron chi connectivity index (χ2n) is 12.5. The fourth-order valence-electron chi connectivity index (χ4n) is 6.72. The first kappa shape index (κ1) is 32.3. The first-order chi connectivity index (χ1) is 23.8. The van der Waals surface area contributed by atoms with Gasteiger partial charge in [0.1, 0.15) is 17.7 Å². The maximum Gasteiger partial charge on any atom is 0.280 e. The van der Waals surface area contributed by atoms with E-state index < -0.39 is 6.43 Å². The molecule has 252 valence electrons. The van der Waals surface area contributed by atoms with Crippen molar-refractivity contribution in [2.45, 2.75) is 26.2 Å². The van der Waals surface area contributed by atoms with Gasteiger partial charge >= 0.3 is 0 Å². The molecule has 2 aromatic carbocycles. The second-order valence-corrected chi connectivity index (χ2v) is 12.5. The van der Waals surface area contributed by atoms with Crippen molar-refractivity contribution in [1.82, 2.24) is 39.7 Å². The lowest BCUT2D eigenvalue weighted by Crippen LogP contribution is -2.42. The number of aryl methyl sites for hydroxylation is 1. The van der Waals surface area contributed by atoms with Gasteiger partial charge in [-0.15, -0.1) is 0 Å². The molecule has 0 unspecified atom stereocenters. The average Bonchev–Trinajstić information content (AvgIpc) is 3.89. The van der Waals surface area contributed by atoms with E-state index >= 15 is 0 Å². The standard InChI is InChI=1S/C36H37F2N9O2/c1-3-47(28-8-9-30-29(19-28)33(42-41-30)26-10-14-39-31(18-26)34(37)38)36(49)27-11-15-45(20-27)21-32(48)46-16-12-24(13-17-46)23-4-6-25(7-5-23)35-40-22-44(2)43-35/h4-10,12,14,18-19,22,27,34H,3,11,13,15-17,20-21H2,1-2H3,(H,41,42)/t27-/m1/s1. The Morgan fingerprint density at radius 2 is 1.84 bits per heavy atom. The van der Waals surface area contributed by atoms with Crippen LogP contribution in [0.15, 0.2) is 73.2 Å². The number of alkyl halides is 2. The van der Waals surface area contributed by atoms with E-state index in [1.54, 1.807) is 22.0 Å². The molecule has 5 aromatic rings. The average molecular weight is 666 g/mol. The predicted octanol–water partition coefficient (Wildman–Crippen LogP) is 5.35. The minimum absolute atomic E-state index is 0.00105. The van der Waals surface area contributed by atoms with Crippen LogP contribution < -0.4 is 4.90 Å². The van der Waals surface area contributed by atoms with E-state index in [2.05, 4.69) is 48.4 Å². The van der Waals surface area contributed by atoms with Crippen molar-refractivity contribution in [3.63, 3.8) is 0 Å². The van der Waals surface area contributed by atoms with E-state index in [1.165, 1.54) is 17.8 Å². The zero-order valence-corrected chi connectivity index (χ0v) is 27.4. The van der Waals surface area contributed by atoms with E-state index in [9.17, 15) is 18.4 Å². The number of benzene rings is 2. The third kappa shape index (κ3) is 6.71. The number of nitrogens with one attached hydrogen (secondary N) is 1. The molecule has 1 saturated heterocycles. The Morgan fingerprint density at radius 3 is 2.55 bits per heavy atom. The Hall–Kier alpha value is -5.30. The molecular formula is C36H37F2N9O2. The molecule has 0 bridgehead atoms. The van der Waals surface area contributed by atoms with Crippen LogP contribution in [0, 0.1) is 5.92 Å². The smallest absolute Gasteiger partial charge is 0.280 e. The first-order valence-corrected chi connectivity index (χ1v) is 16.5. The Bertz CT molecular complexity index is 2020.